The highest BCUT2D eigenvalue weighted by Gasteiger charge is 2.32. The molecule has 0 N–H and O–H groups in total. The maximum atomic E-state index is 13.3. The third kappa shape index (κ3) is 3.36. The SMILES string of the molecule is COc1cccc(OC)c1C(=O)N1CCc2cc(S(=O)(=O)N3CCCC3)ccc21. The lowest BCUT2D eigenvalue weighted by Crippen LogP contribution is -2.30. The van der Waals surface area contributed by atoms with E-state index in [0.29, 0.717) is 48.0 Å². The summed E-state index contributed by atoms with van der Waals surface area (Å²) in [4.78, 5) is 15.2. The molecular weight excluding hydrogens is 392 g/mol. The van der Waals surface area contributed by atoms with Crippen LogP contribution in [0, 0.1) is 0 Å². The summed E-state index contributed by atoms with van der Waals surface area (Å²) in [6.07, 6.45) is 2.39. The highest BCUT2D eigenvalue weighted by Crippen LogP contribution is 2.36. The Hall–Kier alpha value is -2.58. The topological polar surface area (TPSA) is 76.1 Å². The van der Waals surface area contributed by atoms with E-state index in [0.717, 1.165) is 24.1 Å². The molecule has 0 unspecified atom stereocenters. The second-order valence-corrected chi connectivity index (χ2v) is 9.08. The summed E-state index contributed by atoms with van der Waals surface area (Å²) in [5.74, 6) is 0.653. The van der Waals surface area contributed by atoms with Gasteiger partial charge in [0.2, 0.25) is 10.0 Å². The number of hydrogen-bond acceptors (Lipinski definition) is 5. The fraction of sp³-hybridized carbons (Fsp3) is 0.381. The third-order valence-corrected chi connectivity index (χ3v) is 7.43. The molecule has 2 aromatic rings. The van der Waals surface area contributed by atoms with Crippen molar-refractivity contribution in [1.82, 2.24) is 4.31 Å². The van der Waals surface area contributed by atoms with Crippen molar-refractivity contribution >= 4 is 21.6 Å². The summed E-state index contributed by atoms with van der Waals surface area (Å²) in [7, 11) is -0.456. The zero-order chi connectivity index (χ0) is 20.6. The van der Waals surface area contributed by atoms with E-state index >= 15 is 0 Å². The Morgan fingerprint density at radius 2 is 1.62 bits per heavy atom. The van der Waals surface area contributed by atoms with Crippen LogP contribution in [0.15, 0.2) is 41.3 Å². The number of rotatable bonds is 5. The lowest BCUT2D eigenvalue weighted by atomic mass is 10.1. The molecule has 2 aromatic carbocycles. The minimum atomic E-state index is -3.48. The van der Waals surface area contributed by atoms with E-state index in [9.17, 15) is 13.2 Å². The molecular formula is C21H24N2O5S. The predicted octanol–water partition coefficient (Wildman–Crippen LogP) is 2.69. The molecule has 4 rings (SSSR count). The van der Waals surface area contributed by atoms with E-state index in [1.165, 1.54) is 18.5 Å². The highest BCUT2D eigenvalue weighted by atomic mass is 32.2. The first kappa shape index (κ1) is 19.7. The smallest absolute Gasteiger partial charge is 0.265 e. The van der Waals surface area contributed by atoms with Gasteiger partial charge in [0.05, 0.1) is 19.1 Å². The van der Waals surface area contributed by atoms with Crippen molar-refractivity contribution in [3.8, 4) is 11.5 Å². The second-order valence-electron chi connectivity index (χ2n) is 7.15. The largest absolute Gasteiger partial charge is 0.496 e. The lowest BCUT2D eigenvalue weighted by molar-refractivity contribution is 0.0983. The van der Waals surface area contributed by atoms with Crippen molar-refractivity contribution in [1.29, 1.82) is 0 Å². The van der Waals surface area contributed by atoms with Gasteiger partial charge in [0, 0.05) is 25.3 Å². The van der Waals surface area contributed by atoms with Crippen LogP contribution < -0.4 is 14.4 Å². The van der Waals surface area contributed by atoms with Gasteiger partial charge >= 0.3 is 0 Å². The predicted molar refractivity (Wildman–Crippen MR) is 109 cm³/mol. The number of ether oxygens (including phenoxy) is 2. The molecule has 0 saturated carbocycles. The van der Waals surface area contributed by atoms with E-state index < -0.39 is 10.0 Å². The summed E-state index contributed by atoms with van der Waals surface area (Å²) in [6.45, 7) is 1.61. The van der Waals surface area contributed by atoms with Gasteiger partial charge in [0.15, 0.2) is 0 Å². The number of amides is 1. The van der Waals surface area contributed by atoms with Gasteiger partial charge < -0.3 is 14.4 Å². The second kappa shape index (κ2) is 7.68. The lowest BCUT2D eigenvalue weighted by Gasteiger charge is -2.21. The number of fused-ring (bicyclic) bond motifs is 1. The van der Waals surface area contributed by atoms with Crippen LogP contribution in [0.25, 0.3) is 0 Å². The Balaban J connectivity index is 1.68. The van der Waals surface area contributed by atoms with Gasteiger partial charge in [-0.25, -0.2) is 8.42 Å². The average molecular weight is 416 g/mol. The number of benzene rings is 2. The van der Waals surface area contributed by atoms with Crippen molar-refractivity contribution in [3.05, 3.63) is 47.5 Å². The third-order valence-electron chi connectivity index (χ3n) is 5.54. The minimum Gasteiger partial charge on any atom is -0.496 e. The number of carbonyl (C=O) groups is 1. The Bertz CT molecular complexity index is 1020. The molecule has 154 valence electrons. The first-order valence-corrected chi connectivity index (χ1v) is 11.1. The Labute approximate surface area is 170 Å². The van der Waals surface area contributed by atoms with Crippen molar-refractivity contribution in [2.75, 3.05) is 38.8 Å². The number of sulfonamides is 1. The van der Waals surface area contributed by atoms with Crippen molar-refractivity contribution in [3.63, 3.8) is 0 Å². The van der Waals surface area contributed by atoms with Crippen LogP contribution in [0.5, 0.6) is 11.5 Å². The van der Waals surface area contributed by atoms with Gasteiger partial charge in [0.1, 0.15) is 17.1 Å². The summed E-state index contributed by atoms with van der Waals surface area (Å²) < 4.78 is 38.0. The Kier molecular flexibility index (Phi) is 5.23. The maximum Gasteiger partial charge on any atom is 0.265 e. The average Bonchev–Trinajstić information content (AvgIpc) is 3.42. The zero-order valence-corrected chi connectivity index (χ0v) is 17.4. The standard InChI is InChI=1S/C21H24N2O5S/c1-27-18-6-5-7-19(28-2)20(18)21(24)23-13-10-15-14-16(8-9-17(15)23)29(25,26)22-11-3-4-12-22/h5-9,14H,3-4,10-13H2,1-2H3. The molecule has 1 fully saturated rings. The molecule has 2 heterocycles. The number of nitrogens with zero attached hydrogens (tertiary/aromatic N) is 2. The van der Waals surface area contributed by atoms with Crippen LogP contribution in [0.4, 0.5) is 5.69 Å². The molecule has 7 nitrogen and oxygen atoms in total. The highest BCUT2D eigenvalue weighted by molar-refractivity contribution is 7.89. The van der Waals surface area contributed by atoms with Crippen LogP contribution in [0.2, 0.25) is 0 Å². The Morgan fingerprint density at radius 1 is 0.966 bits per heavy atom. The summed E-state index contributed by atoms with van der Waals surface area (Å²) in [6, 6.07) is 10.2. The van der Waals surface area contributed by atoms with Gasteiger partial charge in [0.25, 0.3) is 5.91 Å². The fourth-order valence-corrected chi connectivity index (χ4v) is 5.59. The quantitative estimate of drug-likeness (QED) is 0.749. The molecule has 1 amide bonds. The van der Waals surface area contributed by atoms with Crippen molar-refractivity contribution in [2.45, 2.75) is 24.2 Å². The molecule has 8 heteroatoms. The molecule has 0 aromatic heterocycles. The maximum absolute atomic E-state index is 13.3. The van der Waals surface area contributed by atoms with E-state index in [1.807, 2.05) is 0 Å². The molecule has 0 spiro atoms. The number of carbonyl (C=O) groups excluding carboxylic acids is 1. The van der Waals surface area contributed by atoms with Crippen LogP contribution in [-0.2, 0) is 16.4 Å². The van der Waals surface area contributed by atoms with Crippen LogP contribution in [0.1, 0.15) is 28.8 Å². The van der Waals surface area contributed by atoms with Crippen molar-refractivity contribution in [2.24, 2.45) is 0 Å². The first-order chi connectivity index (χ1) is 14.0. The normalized spacial score (nSPS) is 16.7. The van der Waals surface area contributed by atoms with Gasteiger partial charge in [-0.3, -0.25) is 4.79 Å². The molecule has 0 radical (unpaired) electrons. The molecule has 29 heavy (non-hydrogen) atoms. The number of methoxy groups -OCH3 is 2. The molecule has 2 aliphatic heterocycles. The fourth-order valence-electron chi connectivity index (χ4n) is 4.02. The van der Waals surface area contributed by atoms with Crippen LogP contribution in [0.3, 0.4) is 0 Å². The van der Waals surface area contributed by atoms with E-state index in [4.69, 9.17) is 9.47 Å². The Morgan fingerprint density at radius 3 is 2.24 bits per heavy atom. The van der Waals surface area contributed by atoms with Crippen molar-refractivity contribution < 1.29 is 22.7 Å². The summed E-state index contributed by atoms with van der Waals surface area (Å²) >= 11 is 0. The van der Waals surface area contributed by atoms with Crippen LogP contribution >= 0.6 is 0 Å². The summed E-state index contributed by atoms with van der Waals surface area (Å²) in [5.41, 5.74) is 1.94. The molecule has 0 aliphatic carbocycles. The number of hydrogen-bond donors (Lipinski definition) is 0. The van der Waals surface area contributed by atoms with E-state index in [-0.39, 0.29) is 5.91 Å². The van der Waals surface area contributed by atoms with Gasteiger partial charge in [-0.05, 0) is 55.2 Å². The summed E-state index contributed by atoms with van der Waals surface area (Å²) in [5, 5.41) is 0. The number of anilines is 1. The van der Waals surface area contributed by atoms with Gasteiger partial charge in [-0.15, -0.1) is 0 Å². The molecule has 2 aliphatic rings. The van der Waals surface area contributed by atoms with Gasteiger partial charge in [-0.1, -0.05) is 6.07 Å². The van der Waals surface area contributed by atoms with E-state index in [2.05, 4.69) is 0 Å². The molecule has 1 saturated heterocycles. The van der Waals surface area contributed by atoms with E-state index in [1.54, 1.807) is 41.3 Å². The zero-order valence-electron chi connectivity index (χ0n) is 16.6. The monoisotopic (exact) mass is 416 g/mol. The minimum absolute atomic E-state index is 0.229. The van der Waals surface area contributed by atoms with Crippen LogP contribution in [-0.4, -0.2) is 52.5 Å². The molecule has 0 bridgehead atoms. The molecule has 0 atom stereocenters. The first-order valence-electron chi connectivity index (χ1n) is 9.63. The van der Waals surface area contributed by atoms with Gasteiger partial charge in [-0.2, -0.15) is 4.31 Å².